The number of fused-ring (bicyclic) bond motifs is 1. The van der Waals surface area contributed by atoms with E-state index in [2.05, 4.69) is 36.0 Å². The monoisotopic (exact) mass is 419 g/mol. The number of nitro benzene ring substituents is 1. The topological polar surface area (TPSA) is 81.5 Å². The zero-order valence-corrected chi connectivity index (χ0v) is 17.1. The summed E-state index contributed by atoms with van der Waals surface area (Å²) in [7, 11) is 0. The van der Waals surface area contributed by atoms with Gasteiger partial charge in [-0.15, -0.1) is 0 Å². The summed E-state index contributed by atoms with van der Waals surface area (Å²) >= 11 is 5.84. The van der Waals surface area contributed by atoms with Crippen LogP contribution in [0.15, 0.2) is 70.1 Å². The minimum Gasteiger partial charge on any atom is -0.436 e. The molecule has 0 amide bonds. The van der Waals surface area contributed by atoms with Gasteiger partial charge in [0.2, 0.25) is 5.89 Å². The van der Waals surface area contributed by atoms with Crippen LogP contribution in [0.2, 0.25) is 5.02 Å². The zero-order chi connectivity index (χ0) is 21.3. The summed E-state index contributed by atoms with van der Waals surface area (Å²) in [4.78, 5) is 19.4. The highest BCUT2D eigenvalue weighted by Gasteiger charge is 2.12. The molecule has 30 heavy (non-hydrogen) atoms. The second kappa shape index (κ2) is 8.08. The largest absolute Gasteiger partial charge is 0.436 e. The molecular formula is C23H18ClN3O3. The lowest BCUT2D eigenvalue weighted by atomic mass is 10.0. The minimum atomic E-state index is -0.518. The highest BCUT2D eigenvalue weighted by atomic mass is 35.5. The van der Waals surface area contributed by atoms with E-state index in [4.69, 9.17) is 16.0 Å². The third-order valence-electron chi connectivity index (χ3n) is 4.73. The fourth-order valence-corrected chi connectivity index (χ4v) is 3.21. The molecule has 0 N–H and O–H groups in total. The van der Waals surface area contributed by atoms with Crippen LogP contribution in [0.5, 0.6) is 0 Å². The number of rotatable bonds is 5. The maximum atomic E-state index is 11.0. The number of oxazole rings is 1. The third-order valence-corrected chi connectivity index (χ3v) is 5.05. The van der Waals surface area contributed by atoms with Gasteiger partial charge in [0.25, 0.3) is 5.69 Å². The van der Waals surface area contributed by atoms with Gasteiger partial charge in [-0.3, -0.25) is 15.1 Å². The zero-order valence-electron chi connectivity index (χ0n) is 16.4. The maximum Gasteiger partial charge on any atom is 0.288 e. The van der Waals surface area contributed by atoms with Gasteiger partial charge < -0.3 is 4.42 Å². The number of benzene rings is 3. The molecule has 150 valence electrons. The Morgan fingerprint density at radius 3 is 2.57 bits per heavy atom. The van der Waals surface area contributed by atoms with Crippen molar-refractivity contribution < 1.29 is 9.34 Å². The van der Waals surface area contributed by atoms with Crippen molar-refractivity contribution in [1.82, 2.24) is 4.98 Å². The number of hydrogen-bond donors (Lipinski definition) is 0. The van der Waals surface area contributed by atoms with Gasteiger partial charge in [0, 0.05) is 23.9 Å². The molecular weight excluding hydrogens is 402 g/mol. The van der Waals surface area contributed by atoms with E-state index in [0.29, 0.717) is 28.6 Å². The molecule has 4 rings (SSSR count). The average Bonchev–Trinajstić information content (AvgIpc) is 3.16. The van der Waals surface area contributed by atoms with Crippen LogP contribution in [0.25, 0.3) is 22.6 Å². The normalized spacial score (nSPS) is 11.6. The third kappa shape index (κ3) is 4.09. The Morgan fingerprint density at radius 1 is 1.10 bits per heavy atom. The van der Waals surface area contributed by atoms with Crippen molar-refractivity contribution in [1.29, 1.82) is 0 Å². The highest BCUT2D eigenvalue weighted by molar-refractivity contribution is 6.32. The van der Waals surface area contributed by atoms with Crippen molar-refractivity contribution in [2.24, 2.45) is 4.99 Å². The molecule has 6 nitrogen and oxygen atoms in total. The van der Waals surface area contributed by atoms with E-state index in [1.165, 1.54) is 17.7 Å². The summed E-state index contributed by atoms with van der Waals surface area (Å²) in [6.45, 7) is 4.30. The molecule has 0 fully saturated rings. The van der Waals surface area contributed by atoms with Gasteiger partial charge in [-0.2, -0.15) is 0 Å². The summed E-state index contributed by atoms with van der Waals surface area (Å²) in [5, 5.41) is 11.1. The molecule has 1 aromatic heterocycles. The summed E-state index contributed by atoms with van der Waals surface area (Å²) in [5.74, 6) is 1.01. The summed E-state index contributed by atoms with van der Waals surface area (Å²) in [6, 6.07) is 18.2. The van der Waals surface area contributed by atoms with E-state index in [9.17, 15) is 10.1 Å². The van der Waals surface area contributed by atoms with Crippen LogP contribution in [0.1, 0.15) is 30.9 Å². The number of halogens is 1. The van der Waals surface area contributed by atoms with E-state index in [1.54, 1.807) is 18.3 Å². The molecule has 0 saturated carbocycles. The standard InChI is InChI=1S/C23H18ClN3O3/c1-14(2)16-4-6-17(7-5-16)23-26-20-10-8-18(12-22(20)30-23)25-13-15-3-9-19(24)21(11-15)27(28)29/h3-14H,1-2H3. The fourth-order valence-electron chi connectivity index (χ4n) is 3.03. The van der Waals surface area contributed by atoms with Gasteiger partial charge in [-0.25, -0.2) is 4.98 Å². The van der Waals surface area contributed by atoms with Crippen LogP contribution in [-0.2, 0) is 0 Å². The first kappa shape index (κ1) is 19.8. The number of hydrogen-bond acceptors (Lipinski definition) is 5. The van der Waals surface area contributed by atoms with Crippen LogP contribution in [-0.4, -0.2) is 16.1 Å². The van der Waals surface area contributed by atoms with Crippen LogP contribution >= 0.6 is 11.6 Å². The SMILES string of the molecule is CC(C)c1ccc(-c2nc3ccc(N=Cc4ccc(Cl)c([N+](=O)[O-])c4)cc3o2)cc1. The highest BCUT2D eigenvalue weighted by Crippen LogP contribution is 2.29. The Morgan fingerprint density at radius 2 is 1.87 bits per heavy atom. The van der Waals surface area contributed by atoms with E-state index < -0.39 is 4.92 Å². The van der Waals surface area contributed by atoms with Gasteiger partial charge >= 0.3 is 0 Å². The van der Waals surface area contributed by atoms with Gasteiger partial charge in [0.05, 0.1) is 10.6 Å². The Bertz CT molecular complexity index is 1260. The van der Waals surface area contributed by atoms with Gasteiger partial charge in [-0.05, 0) is 47.4 Å². The second-order valence-corrected chi connectivity index (χ2v) is 7.58. The molecule has 0 spiro atoms. The maximum absolute atomic E-state index is 11.0. The second-order valence-electron chi connectivity index (χ2n) is 7.17. The van der Waals surface area contributed by atoms with Crippen molar-refractivity contribution in [2.45, 2.75) is 19.8 Å². The molecule has 0 unspecified atom stereocenters. The number of nitrogens with zero attached hydrogens (tertiary/aromatic N) is 3. The quantitative estimate of drug-likeness (QED) is 0.199. The van der Waals surface area contributed by atoms with Gasteiger partial charge in [0.15, 0.2) is 5.58 Å². The first-order chi connectivity index (χ1) is 14.4. The molecule has 0 saturated heterocycles. The molecule has 0 atom stereocenters. The smallest absolute Gasteiger partial charge is 0.288 e. The molecule has 7 heteroatoms. The molecule has 3 aromatic carbocycles. The lowest BCUT2D eigenvalue weighted by Crippen LogP contribution is -1.91. The molecule has 0 aliphatic carbocycles. The number of nitro groups is 1. The average molecular weight is 420 g/mol. The molecule has 4 aromatic rings. The first-order valence-electron chi connectivity index (χ1n) is 9.39. The number of aromatic nitrogens is 1. The van der Waals surface area contributed by atoms with Crippen LogP contribution in [0, 0.1) is 10.1 Å². The molecule has 0 aliphatic rings. The summed E-state index contributed by atoms with van der Waals surface area (Å²) in [5.41, 5.74) is 4.60. The first-order valence-corrected chi connectivity index (χ1v) is 9.77. The summed E-state index contributed by atoms with van der Waals surface area (Å²) in [6.07, 6.45) is 1.55. The van der Waals surface area contributed by atoms with Gasteiger partial charge in [0.1, 0.15) is 10.5 Å². The van der Waals surface area contributed by atoms with E-state index in [1.807, 2.05) is 24.3 Å². The van der Waals surface area contributed by atoms with Crippen molar-refractivity contribution in [2.75, 3.05) is 0 Å². The molecule has 0 bridgehead atoms. The Labute approximate surface area is 178 Å². The fraction of sp³-hybridized carbons (Fsp3) is 0.130. The Kier molecular flexibility index (Phi) is 5.33. The molecule has 0 aliphatic heterocycles. The van der Waals surface area contributed by atoms with E-state index >= 15 is 0 Å². The van der Waals surface area contributed by atoms with Gasteiger partial charge in [-0.1, -0.05) is 43.6 Å². The van der Waals surface area contributed by atoms with Crippen LogP contribution < -0.4 is 0 Å². The molecule has 1 heterocycles. The van der Waals surface area contributed by atoms with E-state index in [0.717, 1.165) is 11.1 Å². The summed E-state index contributed by atoms with van der Waals surface area (Å²) < 4.78 is 5.92. The predicted octanol–water partition coefficient (Wildman–Crippen LogP) is 6.93. The van der Waals surface area contributed by atoms with E-state index in [-0.39, 0.29) is 10.7 Å². The van der Waals surface area contributed by atoms with Crippen molar-refractivity contribution in [3.8, 4) is 11.5 Å². The lowest BCUT2D eigenvalue weighted by Gasteiger charge is -2.04. The number of aliphatic imine (C=N–C) groups is 1. The van der Waals surface area contributed by atoms with Crippen molar-refractivity contribution >= 4 is 40.3 Å². The van der Waals surface area contributed by atoms with Crippen molar-refractivity contribution in [3.05, 3.63) is 86.9 Å². The van der Waals surface area contributed by atoms with Crippen LogP contribution in [0.3, 0.4) is 0 Å². The minimum absolute atomic E-state index is 0.0918. The van der Waals surface area contributed by atoms with Crippen molar-refractivity contribution in [3.63, 3.8) is 0 Å². The molecule has 0 radical (unpaired) electrons. The lowest BCUT2D eigenvalue weighted by molar-refractivity contribution is -0.384. The van der Waals surface area contributed by atoms with Crippen LogP contribution in [0.4, 0.5) is 11.4 Å². The Hall–Kier alpha value is -3.51. The Balaban J connectivity index is 1.60. The predicted molar refractivity (Wildman–Crippen MR) is 119 cm³/mol.